The first-order valence-electron chi connectivity index (χ1n) is 4.91. The van der Waals surface area contributed by atoms with Gasteiger partial charge in [0.05, 0.1) is 17.2 Å². The summed E-state index contributed by atoms with van der Waals surface area (Å²) in [6.07, 6.45) is 8.43. The summed E-state index contributed by atoms with van der Waals surface area (Å²) < 4.78 is 3.72. The lowest BCUT2D eigenvalue weighted by Crippen LogP contribution is -1.94. The molecule has 0 aromatic carbocycles. The van der Waals surface area contributed by atoms with Gasteiger partial charge in [-0.05, 0) is 30.8 Å². The van der Waals surface area contributed by atoms with Crippen molar-refractivity contribution in [3.8, 4) is 0 Å². The molecule has 1 heterocycles. The number of hydrogen-bond acceptors (Lipinski definition) is 4. The molecule has 4 heteroatoms. The van der Waals surface area contributed by atoms with Crippen LogP contribution in [0.1, 0.15) is 43.1 Å². The normalized spacial score (nSPS) is 12.6. The van der Waals surface area contributed by atoms with Crippen LogP contribution in [0.15, 0.2) is 18.9 Å². The molecule has 1 N–H and O–H groups in total. The average molecular weight is 212 g/mol. The molecule has 0 fully saturated rings. The molecule has 1 atom stereocenters. The van der Waals surface area contributed by atoms with Crippen molar-refractivity contribution < 1.29 is 5.11 Å². The van der Waals surface area contributed by atoms with Crippen LogP contribution >= 0.6 is 11.5 Å². The quantitative estimate of drug-likeness (QED) is 0.558. The Morgan fingerprint density at radius 1 is 1.50 bits per heavy atom. The van der Waals surface area contributed by atoms with Crippen molar-refractivity contribution in [1.82, 2.24) is 9.59 Å². The van der Waals surface area contributed by atoms with Gasteiger partial charge < -0.3 is 5.11 Å². The average Bonchev–Trinajstić information content (AvgIpc) is 2.70. The Kier molecular flexibility index (Phi) is 5.40. The van der Waals surface area contributed by atoms with Gasteiger partial charge in [-0.1, -0.05) is 23.4 Å². The summed E-state index contributed by atoms with van der Waals surface area (Å²) in [7, 11) is 0. The lowest BCUT2D eigenvalue weighted by molar-refractivity contribution is 0.167. The fraction of sp³-hybridized carbons (Fsp3) is 0.600. The Morgan fingerprint density at radius 3 is 3.00 bits per heavy atom. The summed E-state index contributed by atoms with van der Waals surface area (Å²) in [6, 6.07) is 0. The zero-order valence-electron chi connectivity index (χ0n) is 8.22. The fourth-order valence-electron chi connectivity index (χ4n) is 1.27. The highest BCUT2D eigenvalue weighted by molar-refractivity contribution is 7.05. The minimum absolute atomic E-state index is 0.376. The van der Waals surface area contributed by atoms with Crippen LogP contribution < -0.4 is 0 Å². The van der Waals surface area contributed by atoms with E-state index in [1.165, 1.54) is 11.5 Å². The lowest BCUT2D eigenvalue weighted by atomic mass is 10.1. The van der Waals surface area contributed by atoms with Crippen LogP contribution in [0.4, 0.5) is 0 Å². The Hall–Kier alpha value is -0.740. The first kappa shape index (κ1) is 11.3. The van der Waals surface area contributed by atoms with E-state index in [0.29, 0.717) is 0 Å². The number of aliphatic hydroxyl groups excluding tert-OH is 1. The van der Waals surface area contributed by atoms with Crippen LogP contribution in [0.25, 0.3) is 0 Å². The fourth-order valence-corrected chi connectivity index (χ4v) is 1.79. The Bertz CT molecular complexity index is 249. The van der Waals surface area contributed by atoms with E-state index >= 15 is 0 Å². The number of hydrogen-bond donors (Lipinski definition) is 1. The number of aliphatic hydroxyl groups is 1. The predicted molar refractivity (Wildman–Crippen MR) is 58.2 cm³/mol. The van der Waals surface area contributed by atoms with Crippen LogP contribution in [0, 0.1) is 0 Å². The summed E-state index contributed by atoms with van der Waals surface area (Å²) in [5, 5.41) is 13.4. The SMILES string of the molecule is C=CCCCCCC(O)c1cnns1. The number of allylic oxidation sites excluding steroid dienone is 1. The molecule has 0 aliphatic rings. The van der Waals surface area contributed by atoms with Gasteiger partial charge in [-0.2, -0.15) is 0 Å². The second-order valence-electron chi connectivity index (χ2n) is 3.26. The van der Waals surface area contributed by atoms with E-state index in [1.807, 2.05) is 6.08 Å². The predicted octanol–water partition coefficient (Wildman–Crippen LogP) is 2.71. The van der Waals surface area contributed by atoms with Crippen molar-refractivity contribution in [2.75, 3.05) is 0 Å². The van der Waals surface area contributed by atoms with Crippen molar-refractivity contribution in [1.29, 1.82) is 0 Å². The molecule has 0 radical (unpaired) electrons. The minimum Gasteiger partial charge on any atom is -0.387 e. The highest BCUT2D eigenvalue weighted by atomic mass is 32.1. The molecule has 0 saturated carbocycles. The molecular formula is C10H16N2OS. The van der Waals surface area contributed by atoms with Crippen molar-refractivity contribution in [2.24, 2.45) is 0 Å². The third-order valence-corrected chi connectivity index (χ3v) is 2.86. The van der Waals surface area contributed by atoms with Crippen molar-refractivity contribution >= 4 is 11.5 Å². The number of nitrogens with zero attached hydrogens (tertiary/aromatic N) is 2. The molecule has 1 rings (SSSR count). The van der Waals surface area contributed by atoms with E-state index in [4.69, 9.17) is 0 Å². The molecule has 1 unspecified atom stereocenters. The molecule has 0 aliphatic carbocycles. The molecule has 0 amide bonds. The second-order valence-corrected chi connectivity index (χ2v) is 4.08. The molecule has 3 nitrogen and oxygen atoms in total. The van der Waals surface area contributed by atoms with Gasteiger partial charge in [0, 0.05) is 0 Å². The molecule has 0 saturated heterocycles. The van der Waals surface area contributed by atoms with E-state index in [-0.39, 0.29) is 6.10 Å². The second kappa shape index (κ2) is 6.68. The summed E-state index contributed by atoms with van der Waals surface area (Å²) in [6.45, 7) is 3.67. The third-order valence-electron chi connectivity index (χ3n) is 2.09. The lowest BCUT2D eigenvalue weighted by Gasteiger charge is -2.05. The number of unbranched alkanes of at least 4 members (excludes halogenated alkanes) is 3. The zero-order valence-corrected chi connectivity index (χ0v) is 9.04. The topological polar surface area (TPSA) is 46.0 Å². The first-order chi connectivity index (χ1) is 6.84. The maximum absolute atomic E-state index is 9.68. The van der Waals surface area contributed by atoms with Gasteiger partial charge in [0.15, 0.2) is 0 Å². The van der Waals surface area contributed by atoms with Crippen LogP contribution in [0.3, 0.4) is 0 Å². The van der Waals surface area contributed by atoms with Gasteiger partial charge >= 0.3 is 0 Å². The summed E-state index contributed by atoms with van der Waals surface area (Å²) in [5.74, 6) is 0. The van der Waals surface area contributed by atoms with E-state index in [0.717, 1.165) is 37.0 Å². The highest BCUT2D eigenvalue weighted by Crippen LogP contribution is 2.21. The Morgan fingerprint density at radius 2 is 2.36 bits per heavy atom. The number of aromatic nitrogens is 2. The molecule has 1 aromatic heterocycles. The van der Waals surface area contributed by atoms with Crippen molar-refractivity contribution in [3.63, 3.8) is 0 Å². The smallest absolute Gasteiger partial charge is 0.0914 e. The van der Waals surface area contributed by atoms with Crippen molar-refractivity contribution in [2.45, 2.75) is 38.2 Å². The van der Waals surface area contributed by atoms with Gasteiger partial charge in [0.2, 0.25) is 0 Å². The first-order valence-corrected chi connectivity index (χ1v) is 5.68. The van der Waals surface area contributed by atoms with E-state index < -0.39 is 0 Å². The van der Waals surface area contributed by atoms with Crippen LogP contribution in [0.2, 0.25) is 0 Å². The van der Waals surface area contributed by atoms with Gasteiger partial charge in [0.25, 0.3) is 0 Å². The van der Waals surface area contributed by atoms with E-state index in [9.17, 15) is 5.11 Å². The standard InChI is InChI=1S/C10H16N2OS/c1-2-3-4-5-6-7-9(13)10-8-11-12-14-10/h2,8-9,13H,1,3-7H2. The van der Waals surface area contributed by atoms with Gasteiger partial charge in [-0.3, -0.25) is 0 Å². The maximum Gasteiger partial charge on any atom is 0.0914 e. The zero-order chi connectivity index (χ0) is 10.2. The summed E-state index contributed by atoms with van der Waals surface area (Å²) >= 11 is 1.27. The van der Waals surface area contributed by atoms with Gasteiger partial charge in [-0.15, -0.1) is 11.7 Å². The van der Waals surface area contributed by atoms with Crippen LogP contribution in [-0.2, 0) is 0 Å². The summed E-state index contributed by atoms with van der Waals surface area (Å²) in [5.41, 5.74) is 0. The van der Waals surface area contributed by atoms with Gasteiger partial charge in [-0.25, -0.2) is 0 Å². The largest absolute Gasteiger partial charge is 0.387 e. The maximum atomic E-state index is 9.68. The molecule has 0 aliphatic heterocycles. The monoisotopic (exact) mass is 212 g/mol. The molecule has 14 heavy (non-hydrogen) atoms. The van der Waals surface area contributed by atoms with E-state index in [2.05, 4.69) is 16.2 Å². The highest BCUT2D eigenvalue weighted by Gasteiger charge is 2.08. The van der Waals surface area contributed by atoms with Crippen LogP contribution in [0.5, 0.6) is 0 Å². The van der Waals surface area contributed by atoms with E-state index in [1.54, 1.807) is 6.20 Å². The van der Waals surface area contributed by atoms with Gasteiger partial charge in [0.1, 0.15) is 0 Å². The molecule has 78 valence electrons. The molecular weight excluding hydrogens is 196 g/mol. The van der Waals surface area contributed by atoms with Crippen molar-refractivity contribution in [3.05, 3.63) is 23.7 Å². The Balaban J connectivity index is 2.10. The number of rotatable bonds is 7. The molecule has 0 spiro atoms. The Labute approximate surface area is 88.6 Å². The minimum atomic E-state index is -0.376. The third kappa shape index (κ3) is 3.98. The van der Waals surface area contributed by atoms with Crippen LogP contribution in [-0.4, -0.2) is 14.7 Å². The molecule has 0 bridgehead atoms. The molecule has 1 aromatic rings. The summed E-state index contributed by atoms with van der Waals surface area (Å²) in [4.78, 5) is 0.869.